The van der Waals surface area contributed by atoms with Crippen LogP contribution in [0.15, 0.2) is 97.3 Å². The summed E-state index contributed by atoms with van der Waals surface area (Å²) in [7, 11) is 0. The average molecular weight is 531 g/mol. The number of ether oxygens (including phenoxy) is 1. The number of pyridine rings is 2. The first-order valence-electron chi connectivity index (χ1n) is 13.3. The molecule has 0 saturated carbocycles. The molecule has 0 spiro atoms. The lowest BCUT2D eigenvalue weighted by Crippen LogP contribution is -2.36. The summed E-state index contributed by atoms with van der Waals surface area (Å²) in [6.45, 7) is 5.27. The highest BCUT2D eigenvalue weighted by Crippen LogP contribution is 2.29. The van der Waals surface area contributed by atoms with Crippen molar-refractivity contribution in [2.75, 3.05) is 47.2 Å². The van der Waals surface area contributed by atoms with Gasteiger partial charge in [-0.2, -0.15) is 0 Å². The number of fused-ring (bicyclic) bond motifs is 1. The second kappa shape index (κ2) is 11.4. The highest BCUT2D eigenvalue weighted by Gasteiger charge is 2.13. The van der Waals surface area contributed by atoms with Gasteiger partial charge in [0.2, 0.25) is 0 Å². The predicted octanol–water partition coefficient (Wildman–Crippen LogP) is 6.51. The van der Waals surface area contributed by atoms with Gasteiger partial charge in [-0.05, 0) is 85.3 Å². The van der Waals surface area contributed by atoms with Crippen molar-refractivity contribution in [3.8, 4) is 0 Å². The van der Waals surface area contributed by atoms with Gasteiger partial charge >= 0.3 is 0 Å². The van der Waals surface area contributed by atoms with E-state index in [0.717, 1.165) is 65.6 Å². The van der Waals surface area contributed by atoms with Gasteiger partial charge in [0.25, 0.3) is 5.91 Å². The number of hydrogen-bond acceptors (Lipinski definition) is 7. The standard InChI is InChI=1S/C32H30N6O2/c1-22-3-2-4-25(19-22)35-23-5-7-24(8-6-23)37-32(39)31-11-9-26(21-34-31)36-30-13-14-33-29-12-10-27(20-28(29)30)38-15-17-40-18-16-38/h2-14,19-21,35H,15-18H2,1H3,(H,33,36)(H,37,39). The summed E-state index contributed by atoms with van der Waals surface area (Å²) in [6.07, 6.45) is 3.46. The molecule has 200 valence electrons. The number of nitrogens with zero attached hydrogens (tertiary/aromatic N) is 3. The molecule has 40 heavy (non-hydrogen) atoms. The van der Waals surface area contributed by atoms with E-state index < -0.39 is 0 Å². The second-order valence-corrected chi connectivity index (χ2v) is 9.74. The van der Waals surface area contributed by atoms with Gasteiger partial charge in [-0.3, -0.25) is 9.78 Å². The smallest absolute Gasteiger partial charge is 0.274 e. The first-order chi connectivity index (χ1) is 19.6. The molecule has 3 aromatic carbocycles. The summed E-state index contributed by atoms with van der Waals surface area (Å²) in [5.74, 6) is -0.268. The van der Waals surface area contributed by atoms with E-state index in [-0.39, 0.29) is 5.91 Å². The largest absolute Gasteiger partial charge is 0.378 e. The van der Waals surface area contributed by atoms with Crippen LogP contribution in [-0.2, 0) is 4.74 Å². The number of benzene rings is 3. The number of carbonyl (C=O) groups excluding carboxylic acids is 1. The van der Waals surface area contributed by atoms with Crippen LogP contribution < -0.4 is 20.9 Å². The van der Waals surface area contributed by atoms with E-state index in [0.29, 0.717) is 11.4 Å². The van der Waals surface area contributed by atoms with Crippen LogP contribution in [0.4, 0.5) is 34.1 Å². The Hall–Kier alpha value is -4.95. The van der Waals surface area contributed by atoms with E-state index >= 15 is 0 Å². The fourth-order valence-corrected chi connectivity index (χ4v) is 4.74. The van der Waals surface area contributed by atoms with Crippen molar-refractivity contribution in [2.45, 2.75) is 6.92 Å². The van der Waals surface area contributed by atoms with Crippen molar-refractivity contribution >= 4 is 50.9 Å². The Morgan fingerprint density at radius 3 is 2.38 bits per heavy atom. The number of aromatic nitrogens is 2. The van der Waals surface area contributed by atoms with Crippen LogP contribution in [0.5, 0.6) is 0 Å². The van der Waals surface area contributed by atoms with Gasteiger partial charge < -0.3 is 25.6 Å². The number of carbonyl (C=O) groups is 1. The van der Waals surface area contributed by atoms with Crippen LogP contribution in [0.2, 0.25) is 0 Å². The van der Waals surface area contributed by atoms with Crippen LogP contribution in [0.3, 0.4) is 0 Å². The number of hydrogen-bond donors (Lipinski definition) is 3. The van der Waals surface area contributed by atoms with Crippen LogP contribution >= 0.6 is 0 Å². The molecule has 3 N–H and O–H groups in total. The lowest BCUT2D eigenvalue weighted by atomic mass is 10.1. The zero-order valence-electron chi connectivity index (χ0n) is 22.2. The predicted molar refractivity (Wildman–Crippen MR) is 161 cm³/mol. The van der Waals surface area contributed by atoms with Gasteiger partial charge in [-0.15, -0.1) is 0 Å². The lowest BCUT2D eigenvalue weighted by molar-refractivity contribution is 0.102. The minimum atomic E-state index is -0.268. The fourth-order valence-electron chi connectivity index (χ4n) is 4.74. The maximum atomic E-state index is 12.8. The highest BCUT2D eigenvalue weighted by molar-refractivity contribution is 6.03. The molecule has 0 bridgehead atoms. The molecule has 6 rings (SSSR count). The summed E-state index contributed by atoms with van der Waals surface area (Å²) in [5.41, 5.74) is 7.96. The summed E-state index contributed by atoms with van der Waals surface area (Å²) in [6, 6.07) is 27.6. The lowest BCUT2D eigenvalue weighted by Gasteiger charge is -2.29. The molecule has 1 saturated heterocycles. The summed E-state index contributed by atoms with van der Waals surface area (Å²) >= 11 is 0. The third kappa shape index (κ3) is 5.87. The Labute approximate surface area is 233 Å². The first kappa shape index (κ1) is 25.3. The third-order valence-electron chi connectivity index (χ3n) is 6.83. The first-order valence-corrected chi connectivity index (χ1v) is 13.3. The Morgan fingerprint density at radius 1 is 0.800 bits per heavy atom. The molecule has 0 atom stereocenters. The van der Waals surface area contributed by atoms with Gasteiger partial charge in [0, 0.05) is 53.1 Å². The SMILES string of the molecule is Cc1cccc(Nc2ccc(NC(=O)c3ccc(Nc4ccnc5ccc(N6CCOCC6)cc45)cn3)cc2)c1. The number of amides is 1. The third-order valence-corrected chi connectivity index (χ3v) is 6.83. The molecule has 1 amide bonds. The van der Waals surface area contributed by atoms with E-state index in [9.17, 15) is 4.79 Å². The molecule has 3 heterocycles. The van der Waals surface area contributed by atoms with Crippen molar-refractivity contribution in [3.63, 3.8) is 0 Å². The molecular formula is C32H30N6O2. The summed E-state index contributed by atoms with van der Waals surface area (Å²) in [5, 5.41) is 10.7. The van der Waals surface area contributed by atoms with Gasteiger partial charge in [0.05, 0.1) is 30.6 Å². The van der Waals surface area contributed by atoms with Crippen molar-refractivity contribution in [1.82, 2.24) is 9.97 Å². The van der Waals surface area contributed by atoms with Crippen molar-refractivity contribution < 1.29 is 9.53 Å². The topological polar surface area (TPSA) is 91.4 Å². The van der Waals surface area contributed by atoms with Gasteiger partial charge in [-0.25, -0.2) is 4.98 Å². The zero-order valence-corrected chi connectivity index (χ0v) is 22.2. The maximum absolute atomic E-state index is 12.8. The van der Waals surface area contributed by atoms with E-state index in [1.54, 1.807) is 18.5 Å². The Kier molecular flexibility index (Phi) is 7.24. The van der Waals surface area contributed by atoms with Crippen molar-refractivity contribution in [2.24, 2.45) is 0 Å². The highest BCUT2D eigenvalue weighted by atomic mass is 16.5. The van der Waals surface area contributed by atoms with Crippen LogP contribution in [-0.4, -0.2) is 42.2 Å². The van der Waals surface area contributed by atoms with Gasteiger partial charge in [0.1, 0.15) is 5.69 Å². The molecule has 0 aliphatic carbocycles. The second-order valence-electron chi connectivity index (χ2n) is 9.74. The van der Waals surface area contributed by atoms with E-state index in [2.05, 4.69) is 62.0 Å². The molecule has 1 aliphatic rings. The molecule has 5 aromatic rings. The van der Waals surface area contributed by atoms with Crippen molar-refractivity contribution in [1.29, 1.82) is 0 Å². The normalized spacial score (nSPS) is 13.2. The number of anilines is 6. The Morgan fingerprint density at radius 2 is 1.60 bits per heavy atom. The maximum Gasteiger partial charge on any atom is 0.274 e. The molecule has 1 fully saturated rings. The molecule has 8 nitrogen and oxygen atoms in total. The van der Waals surface area contributed by atoms with Gasteiger partial charge in [-0.1, -0.05) is 12.1 Å². The number of nitrogens with one attached hydrogen (secondary N) is 3. The van der Waals surface area contributed by atoms with E-state index in [4.69, 9.17) is 4.74 Å². The van der Waals surface area contributed by atoms with Crippen LogP contribution in [0.1, 0.15) is 16.1 Å². The van der Waals surface area contributed by atoms with Gasteiger partial charge in [0.15, 0.2) is 0 Å². The molecule has 1 aliphatic heterocycles. The Bertz CT molecular complexity index is 1630. The average Bonchev–Trinajstić information content (AvgIpc) is 2.99. The fraction of sp³-hybridized carbons (Fsp3) is 0.156. The molecule has 0 radical (unpaired) electrons. The minimum absolute atomic E-state index is 0.268. The van der Waals surface area contributed by atoms with Crippen LogP contribution in [0.25, 0.3) is 10.9 Å². The molecular weight excluding hydrogens is 500 g/mol. The Balaban J connectivity index is 1.11. The van der Waals surface area contributed by atoms with Crippen molar-refractivity contribution in [3.05, 3.63) is 109 Å². The monoisotopic (exact) mass is 530 g/mol. The quantitative estimate of drug-likeness (QED) is 0.221. The van der Waals surface area contributed by atoms with E-state index in [1.165, 1.54) is 5.56 Å². The number of morpholine rings is 1. The summed E-state index contributed by atoms with van der Waals surface area (Å²) < 4.78 is 5.49. The zero-order chi connectivity index (χ0) is 27.3. The van der Waals surface area contributed by atoms with Crippen LogP contribution in [0, 0.1) is 6.92 Å². The summed E-state index contributed by atoms with van der Waals surface area (Å²) in [4.78, 5) is 24.1. The minimum Gasteiger partial charge on any atom is -0.378 e. The molecule has 0 unspecified atom stereocenters. The molecule has 2 aromatic heterocycles. The number of aryl methyl sites for hydroxylation is 1. The number of rotatable bonds is 7. The molecule has 8 heteroatoms. The van der Waals surface area contributed by atoms with E-state index in [1.807, 2.05) is 54.6 Å².